The molecule has 2 aromatic carbocycles. The lowest BCUT2D eigenvalue weighted by Gasteiger charge is -2.09. The average Bonchev–Trinajstić information content (AvgIpc) is 2.49. The molecule has 0 amide bonds. The zero-order valence-corrected chi connectivity index (χ0v) is 10.6. The summed E-state index contributed by atoms with van der Waals surface area (Å²) in [5.74, 6) is 1.19. The minimum absolute atomic E-state index is 0.435. The van der Waals surface area contributed by atoms with E-state index in [2.05, 4.69) is 4.98 Å². The van der Waals surface area contributed by atoms with Crippen LogP contribution < -0.4 is 10.5 Å². The van der Waals surface area contributed by atoms with Crippen LogP contribution >= 0.6 is 0 Å². The zero-order valence-electron chi connectivity index (χ0n) is 10.6. The van der Waals surface area contributed by atoms with Gasteiger partial charge in [-0.2, -0.15) is 5.26 Å². The van der Waals surface area contributed by atoms with E-state index in [9.17, 15) is 0 Å². The van der Waals surface area contributed by atoms with E-state index in [0.29, 0.717) is 22.7 Å². The molecule has 0 spiro atoms. The van der Waals surface area contributed by atoms with Crippen molar-refractivity contribution in [1.29, 1.82) is 5.26 Å². The van der Waals surface area contributed by atoms with Gasteiger partial charge in [-0.05, 0) is 36.4 Å². The van der Waals surface area contributed by atoms with Gasteiger partial charge in [0.05, 0.1) is 22.8 Å². The average molecular weight is 261 g/mol. The number of nitrogens with zero attached hydrogens (tertiary/aromatic N) is 2. The van der Waals surface area contributed by atoms with Crippen molar-refractivity contribution < 1.29 is 4.74 Å². The third-order valence-electron chi connectivity index (χ3n) is 2.94. The van der Waals surface area contributed by atoms with Gasteiger partial charge in [0.1, 0.15) is 11.5 Å². The van der Waals surface area contributed by atoms with Gasteiger partial charge in [0.2, 0.25) is 0 Å². The number of hydrogen-bond acceptors (Lipinski definition) is 4. The van der Waals surface area contributed by atoms with Crippen LogP contribution in [0.15, 0.2) is 54.7 Å². The normalized spacial score (nSPS) is 10.2. The molecule has 1 heterocycles. The Labute approximate surface area is 116 Å². The number of nitrogen functional groups attached to an aromatic ring is 1. The maximum Gasteiger partial charge on any atom is 0.150 e. The van der Waals surface area contributed by atoms with Gasteiger partial charge in [0.25, 0.3) is 0 Å². The fourth-order valence-corrected chi connectivity index (χ4v) is 1.95. The van der Waals surface area contributed by atoms with E-state index >= 15 is 0 Å². The van der Waals surface area contributed by atoms with E-state index in [4.69, 9.17) is 15.7 Å². The Balaban J connectivity index is 1.95. The van der Waals surface area contributed by atoms with Crippen LogP contribution in [0.5, 0.6) is 11.5 Å². The minimum Gasteiger partial charge on any atom is -0.455 e. The van der Waals surface area contributed by atoms with Gasteiger partial charge < -0.3 is 10.5 Å². The molecule has 0 radical (unpaired) electrons. The highest BCUT2D eigenvalue weighted by Gasteiger charge is 2.04. The summed E-state index contributed by atoms with van der Waals surface area (Å²) in [7, 11) is 0. The summed E-state index contributed by atoms with van der Waals surface area (Å²) in [6, 6.07) is 16.5. The van der Waals surface area contributed by atoms with E-state index in [0.717, 1.165) is 10.9 Å². The summed E-state index contributed by atoms with van der Waals surface area (Å²) in [5, 5.41) is 9.86. The molecule has 0 aliphatic carbocycles. The monoisotopic (exact) mass is 261 g/mol. The molecule has 2 N–H and O–H groups in total. The van der Waals surface area contributed by atoms with Gasteiger partial charge in [-0.25, -0.2) is 0 Å². The fourth-order valence-electron chi connectivity index (χ4n) is 1.95. The molecule has 1 aromatic heterocycles. The lowest BCUT2D eigenvalue weighted by molar-refractivity contribution is 0.485. The van der Waals surface area contributed by atoms with E-state index in [-0.39, 0.29) is 0 Å². The number of rotatable bonds is 2. The summed E-state index contributed by atoms with van der Waals surface area (Å²) in [4.78, 5) is 4.28. The molecule has 0 fully saturated rings. The number of nitriles is 1. The third-order valence-corrected chi connectivity index (χ3v) is 2.94. The van der Waals surface area contributed by atoms with E-state index in [1.54, 1.807) is 24.4 Å². The Hall–Kier alpha value is -3.06. The number of aromatic nitrogens is 1. The Kier molecular flexibility index (Phi) is 2.94. The summed E-state index contributed by atoms with van der Waals surface area (Å²) in [5.41, 5.74) is 7.67. The second-order valence-electron chi connectivity index (χ2n) is 4.32. The molecule has 4 heteroatoms. The van der Waals surface area contributed by atoms with Crippen molar-refractivity contribution in [2.75, 3.05) is 5.73 Å². The number of hydrogen-bond donors (Lipinski definition) is 1. The number of fused-ring (bicyclic) bond motifs is 1. The van der Waals surface area contributed by atoms with Gasteiger partial charge >= 0.3 is 0 Å². The van der Waals surface area contributed by atoms with E-state index in [1.807, 2.05) is 36.4 Å². The predicted molar refractivity (Wildman–Crippen MR) is 77.4 cm³/mol. The van der Waals surface area contributed by atoms with Crippen molar-refractivity contribution in [2.45, 2.75) is 0 Å². The van der Waals surface area contributed by atoms with Crippen LogP contribution in [0.4, 0.5) is 5.69 Å². The lowest BCUT2D eigenvalue weighted by Crippen LogP contribution is -1.93. The highest BCUT2D eigenvalue weighted by molar-refractivity contribution is 5.79. The number of ether oxygens (including phenoxy) is 1. The van der Waals surface area contributed by atoms with Crippen molar-refractivity contribution in [3.8, 4) is 17.6 Å². The zero-order chi connectivity index (χ0) is 13.9. The maximum absolute atomic E-state index is 8.81. The molecule has 0 atom stereocenters. The number of pyridine rings is 1. The lowest BCUT2D eigenvalue weighted by atomic mass is 10.2. The molecule has 3 rings (SSSR count). The van der Waals surface area contributed by atoms with Gasteiger partial charge in [-0.1, -0.05) is 6.07 Å². The molecule has 0 saturated carbocycles. The van der Waals surface area contributed by atoms with Crippen LogP contribution in [-0.2, 0) is 0 Å². The summed E-state index contributed by atoms with van der Waals surface area (Å²) >= 11 is 0. The van der Waals surface area contributed by atoms with Crippen molar-refractivity contribution in [1.82, 2.24) is 4.98 Å². The Morgan fingerprint density at radius 3 is 2.80 bits per heavy atom. The Morgan fingerprint density at radius 2 is 2.00 bits per heavy atom. The molecule has 0 unspecified atom stereocenters. The molecule has 0 bridgehead atoms. The molecule has 3 aromatic rings. The first-order chi connectivity index (χ1) is 9.76. The standard InChI is InChI=1S/C16H11N3O/c17-10-11-3-6-16(14(18)8-11)20-13-5-4-12-2-1-7-19-15(12)9-13/h1-9H,18H2. The van der Waals surface area contributed by atoms with Crippen molar-refractivity contribution in [3.63, 3.8) is 0 Å². The molecule has 20 heavy (non-hydrogen) atoms. The van der Waals surface area contributed by atoms with Crippen LogP contribution in [0.2, 0.25) is 0 Å². The van der Waals surface area contributed by atoms with E-state index < -0.39 is 0 Å². The molecular formula is C16H11N3O. The Morgan fingerprint density at radius 1 is 1.10 bits per heavy atom. The first-order valence-electron chi connectivity index (χ1n) is 6.08. The largest absolute Gasteiger partial charge is 0.455 e. The smallest absolute Gasteiger partial charge is 0.150 e. The second-order valence-corrected chi connectivity index (χ2v) is 4.32. The van der Waals surface area contributed by atoms with Crippen LogP contribution in [-0.4, -0.2) is 4.98 Å². The minimum atomic E-state index is 0.435. The van der Waals surface area contributed by atoms with Crippen LogP contribution in [0.1, 0.15) is 5.56 Å². The van der Waals surface area contributed by atoms with Crippen LogP contribution in [0.25, 0.3) is 10.9 Å². The summed E-state index contributed by atoms with van der Waals surface area (Å²) in [6.07, 6.45) is 1.74. The highest BCUT2D eigenvalue weighted by Crippen LogP contribution is 2.29. The number of anilines is 1. The van der Waals surface area contributed by atoms with Gasteiger partial charge in [0, 0.05) is 17.6 Å². The summed E-state index contributed by atoms with van der Waals surface area (Å²) < 4.78 is 5.74. The predicted octanol–water partition coefficient (Wildman–Crippen LogP) is 3.48. The molecule has 0 saturated heterocycles. The van der Waals surface area contributed by atoms with Crippen LogP contribution in [0, 0.1) is 11.3 Å². The molecular weight excluding hydrogens is 250 g/mol. The van der Waals surface area contributed by atoms with Gasteiger partial charge in [-0.3, -0.25) is 4.98 Å². The van der Waals surface area contributed by atoms with Gasteiger partial charge in [-0.15, -0.1) is 0 Å². The quantitative estimate of drug-likeness (QED) is 0.717. The highest BCUT2D eigenvalue weighted by atomic mass is 16.5. The second kappa shape index (κ2) is 4.90. The van der Waals surface area contributed by atoms with Gasteiger partial charge in [0.15, 0.2) is 0 Å². The first kappa shape index (κ1) is 12.0. The van der Waals surface area contributed by atoms with Crippen LogP contribution in [0.3, 0.4) is 0 Å². The SMILES string of the molecule is N#Cc1ccc(Oc2ccc3cccnc3c2)c(N)c1. The first-order valence-corrected chi connectivity index (χ1v) is 6.08. The topological polar surface area (TPSA) is 71.9 Å². The maximum atomic E-state index is 8.81. The molecule has 0 aliphatic heterocycles. The number of benzene rings is 2. The Bertz CT molecular complexity index is 821. The van der Waals surface area contributed by atoms with E-state index in [1.165, 1.54) is 0 Å². The van der Waals surface area contributed by atoms with Crippen molar-refractivity contribution in [2.24, 2.45) is 0 Å². The number of nitrogens with two attached hydrogens (primary N) is 1. The third kappa shape index (κ3) is 2.25. The van der Waals surface area contributed by atoms with Crippen molar-refractivity contribution >= 4 is 16.6 Å². The fraction of sp³-hybridized carbons (Fsp3) is 0. The molecule has 0 aliphatic rings. The molecule has 96 valence electrons. The molecule has 4 nitrogen and oxygen atoms in total. The summed E-state index contributed by atoms with van der Waals surface area (Å²) in [6.45, 7) is 0. The van der Waals surface area contributed by atoms with Crippen molar-refractivity contribution in [3.05, 3.63) is 60.3 Å².